The molecule has 1 aromatic rings. The zero-order valence-electron chi connectivity index (χ0n) is 8.13. The first-order valence-electron chi connectivity index (χ1n) is 4.80. The third-order valence-corrected chi connectivity index (χ3v) is 3.64. The fourth-order valence-corrected chi connectivity index (χ4v) is 2.89. The first kappa shape index (κ1) is 10.2. The van der Waals surface area contributed by atoms with Crippen LogP contribution in [0.25, 0.3) is 11.6 Å². The molecule has 2 aliphatic carbocycles. The van der Waals surface area contributed by atoms with Gasteiger partial charge in [-0.15, -0.1) is 0 Å². The van der Waals surface area contributed by atoms with Gasteiger partial charge in [0, 0.05) is 20.6 Å². The van der Waals surface area contributed by atoms with E-state index < -0.39 is 0 Å². The van der Waals surface area contributed by atoms with Crippen molar-refractivity contribution in [3.05, 3.63) is 55.3 Å². The van der Waals surface area contributed by atoms with Gasteiger partial charge in [0.1, 0.15) is 0 Å². The van der Waals surface area contributed by atoms with Crippen LogP contribution in [0.4, 0.5) is 0 Å². The molecule has 16 heavy (non-hydrogen) atoms. The molecule has 1 nitrogen and oxygen atoms in total. The molecule has 0 heterocycles. The number of benzene rings is 1. The molecule has 2 aliphatic rings. The van der Waals surface area contributed by atoms with Crippen LogP contribution in [0.15, 0.2) is 44.9 Å². The summed E-state index contributed by atoms with van der Waals surface area (Å²) >= 11 is 6.78. The molecule has 0 atom stereocenters. The van der Waals surface area contributed by atoms with Gasteiger partial charge in [-0.25, -0.2) is 0 Å². The van der Waals surface area contributed by atoms with Crippen LogP contribution in [0.5, 0.6) is 0 Å². The number of ketones is 1. The van der Waals surface area contributed by atoms with Crippen LogP contribution >= 0.6 is 31.9 Å². The number of rotatable bonds is 0. The van der Waals surface area contributed by atoms with Gasteiger partial charge in [-0.1, -0.05) is 37.9 Å². The molecule has 0 amide bonds. The lowest BCUT2D eigenvalue weighted by molar-refractivity contribution is -0.109. The summed E-state index contributed by atoms with van der Waals surface area (Å²) in [6.45, 7) is 0. The first-order chi connectivity index (χ1) is 7.65. The van der Waals surface area contributed by atoms with Gasteiger partial charge in [0.15, 0.2) is 5.78 Å². The van der Waals surface area contributed by atoms with Crippen molar-refractivity contribution in [3.63, 3.8) is 0 Å². The SMILES string of the molecule is O=C1C=C(Br)C=C2C=c3cc(Br)ccc3=C12. The van der Waals surface area contributed by atoms with Gasteiger partial charge in [0.05, 0.1) is 0 Å². The second-order valence-electron chi connectivity index (χ2n) is 3.74. The number of halogens is 2. The molecular weight excluding hydrogens is 332 g/mol. The Morgan fingerprint density at radius 3 is 2.62 bits per heavy atom. The zero-order chi connectivity index (χ0) is 11.3. The van der Waals surface area contributed by atoms with Crippen molar-refractivity contribution in [2.75, 3.05) is 0 Å². The summed E-state index contributed by atoms with van der Waals surface area (Å²) in [5.41, 5.74) is 1.80. The van der Waals surface area contributed by atoms with Gasteiger partial charge >= 0.3 is 0 Å². The Hall–Kier alpha value is -0.930. The average Bonchev–Trinajstić information content (AvgIpc) is 2.54. The van der Waals surface area contributed by atoms with Crippen molar-refractivity contribution in [2.24, 2.45) is 0 Å². The molecule has 3 rings (SSSR count). The van der Waals surface area contributed by atoms with Crippen molar-refractivity contribution < 1.29 is 4.79 Å². The third-order valence-electron chi connectivity index (χ3n) is 2.69. The largest absolute Gasteiger partial charge is 0.289 e. The molecule has 0 fully saturated rings. The zero-order valence-corrected chi connectivity index (χ0v) is 11.3. The van der Waals surface area contributed by atoms with Gasteiger partial charge in [0.25, 0.3) is 0 Å². The number of carbonyl (C=O) groups excluding carboxylic acids is 1. The minimum Gasteiger partial charge on any atom is -0.289 e. The topological polar surface area (TPSA) is 17.1 Å². The van der Waals surface area contributed by atoms with E-state index >= 15 is 0 Å². The van der Waals surface area contributed by atoms with Gasteiger partial charge in [0.2, 0.25) is 0 Å². The lowest BCUT2D eigenvalue weighted by atomic mass is 9.99. The summed E-state index contributed by atoms with van der Waals surface area (Å²) in [5.74, 6) is 0.0710. The number of hydrogen-bond acceptors (Lipinski definition) is 1. The normalized spacial score (nSPS) is 17.4. The fourth-order valence-electron chi connectivity index (χ4n) is 2.05. The van der Waals surface area contributed by atoms with E-state index in [0.29, 0.717) is 0 Å². The summed E-state index contributed by atoms with van der Waals surface area (Å²) in [5, 5.41) is 2.12. The van der Waals surface area contributed by atoms with E-state index in [-0.39, 0.29) is 5.78 Å². The highest BCUT2D eigenvalue weighted by Gasteiger charge is 2.20. The Bertz CT molecular complexity index is 693. The van der Waals surface area contributed by atoms with Crippen LogP contribution in [-0.2, 0) is 4.79 Å². The second-order valence-corrected chi connectivity index (χ2v) is 5.58. The molecule has 0 N–H and O–H groups in total. The van der Waals surface area contributed by atoms with Gasteiger partial charge in [-0.05, 0) is 40.3 Å². The lowest BCUT2D eigenvalue weighted by Gasteiger charge is -2.06. The molecule has 78 valence electrons. The maximum atomic E-state index is 11.9. The van der Waals surface area contributed by atoms with Crippen LogP contribution in [-0.4, -0.2) is 5.78 Å². The summed E-state index contributed by atoms with van der Waals surface area (Å²) in [6, 6.07) is 5.98. The van der Waals surface area contributed by atoms with Gasteiger partial charge in [-0.3, -0.25) is 4.79 Å². The van der Waals surface area contributed by atoms with E-state index in [4.69, 9.17) is 0 Å². The van der Waals surface area contributed by atoms with Crippen molar-refractivity contribution in [3.8, 4) is 0 Å². The summed E-state index contributed by atoms with van der Waals surface area (Å²) in [7, 11) is 0. The monoisotopic (exact) mass is 336 g/mol. The highest BCUT2D eigenvalue weighted by Crippen LogP contribution is 2.26. The quantitative estimate of drug-likeness (QED) is 0.709. The average molecular weight is 338 g/mol. The van der Waals surface area contributed by atoms with Crippen LogP contribution < -0.4 is 10.4 Å². The second kappa shape index (κ2) is 3.54. The Balaban J connectivity index is 2.42. The molecule has 0 bridgehead atoms. The molecule has 0 saturated carbocycles. The Morgan fingerprint density at radius 2 is 1.81 bits per heavy atom. The molecular formula is C13H6Br2O. The lowest BCUT2D eigenvalue weighted by Crippen LogP contribution is -2.24. The summed E-state index contributed by atoms with van der Waals surface area (Å²) < 4.78 is 1.86. The fraction of sp³-hybridized carbons (Fsp3) is 0. The highest BCUT2D eigenvalue weighted by atomic mass is 79.9. The maximum absolute atomic E-state index is 11.9. The van der Waals surface area contributed by atoms with Gasteiger partial charge < -0.3 is 0 Å². The Labute approximate surface area is 109 Å². The van der Waals surface area contributed by atoms with E-state index in [9.17, 15) is 4.79 Å². The molecule has 1 aromatic carbocycles. The highest BCUT2D eigenvalue weighted by molar-refractivity contribution is 9.12. The first-order valence-corrected chi connectivity index (χ1v) is 6.39. The van der Waals surface area contributed by atoms with Crippen molar-refractivity contribution in [1.29, 1.82) is 0 Å². The Kier molecular flexibility index (Phi) is 2.26. The number of hydrogen-bond donors (Lipinski definition) is 0. The number of allylic oxidation sites excluding steroid dienone is 4. The molecule has 0 unspecified atom stereocenters. The molecule has 3 heteroatoms. The Morgan fingerprint density at radius 1 is 1.00 bits per heavy atom. The smallest absolute Gasteiger partial charge is 0.188 e. The van der Waals surface area contributed by atoms with E-state index in [0.717, 1.165) is 30.5 Å². The predicted molar refractivity (Wildman–Crippen MR) is 71.4 cm³/mol. The van der Waals surface area contributed by atoms with Crippen molar-refractivity contribution >= 4 is 49.3 Å². The maximum Gasteiger partial charge on any atom is 0.188 e. The third kappa shape index (κ3) is 1.46. The number of carbonyl (C=O) groups is 1. The van der Waals surface area contributed by atoms with E-state index in [2.05, 4.69) is 31.9 Å². The predicted octanol–water partition coefficient (Wildman–Crippen LogP) is 2.18. The minimum absolute atomic E-state index is 0.0710. The molecule has 0 saturated heterocycles. The molecule has 0 aromatic heterocycles. The van der Waals surface area contributed by atoms with Crippen LogP contribution in [0.2, 0.25) is 0 Å². The van der Waals surface area contributed by atoms with Gasteiger partial charge in [-0.2, -0.15) is 0 Å². The van der Waals surface area contributed by atoms with Crippen LogP contribution in [0.3, 0.4) is 0 Å². The van der Waals surface area contributed by atoms with Crippen molar-refractivity contribution in [2.45, 2.75) is 0 Å². The van der Waals surface area contributed by atoms with Crippen LogP contribution in [0.1, 0.15) is 0 Å². The minimum atomic E-state index is 0.0710. The van der Waals surface area contributed by atoms with Crippen LogP contribution in [0, 0.1) is 0 Å². The van der Waals surface area contributed by atoms with E-state index in [1.807, 2.05) is 30.4 Å². The molecule has 0 radical (unpaired) electrons. The van der Waals surface area contributed by atoms with Crippen molar-refractivity contribution in [1.82, 2.24) is 0 Å². The summed E-state index contributed by atoms with van der Waals surface area (Å²) in [4.78, 5) is 11.9. The molecule has 0 spiro atoms. The van der Waals surface area contributed by atoms with E-state index in [1.54, 1.807) is 6.08 Å². The number of fused-ring (bicyclic) bond motifs is 2. The molecule has 0 aliphatic heterocycles. The summed E-state index contributed by atoms with van der Waals surface area (Å²) in [6.07, 6.45) is 5.63. The van der Waals surface area contributed by atoms with E-state index in [1.165, 1.54) is 0 Å². The standard InChI is InChI=1S/C13H6Br2O/c14-9-1-2-11-7(4-9)3-8-5-10(15)6-12(16)13(8)11/h1-6H.